The predicted octanol–water partition coefficient (Wildman–Crippen LogP) is 2.38. The van der Waals surface area contributed by atoms with Crippen LogP contribution in [0.2, 0.25) is 0 Å². The minimum Gasteiger partial charge on any atom is -0.478 e. The molecule has 5 heteroatoms. The molecule has 1 heterocycles. The van der Waals surface area contributed by atoms with Crippen LogP contribution in [0, 0.1) is 13.8 Å². The van der Waals surface area contributed by atoms with Crippen LogP contribution in [-0.2, 0) is 0 Å². The highest BCUT2D eigenvalue weighted by atomic mass is 16.4. The van der Waals surface area contributed by atoms with Crippen molar-refractivity contribution in [3.8, 4) is 0 Å². The van der Waals surface area contributed by atoms with E-state index < -0.39 is 5.97 Å². The molecule has 0 saturated carbocycles. The monoisotopic (exact) mass is 280 g/mol. The summed E-state index contributed by atoms with van der Waals surface area (Å²) in [5, 5.41) is 18.7. The summed E-state index contributed by atoms with van der Waals surface area (Å²) in [5.74, 6) is -0.503. The molecular weight excluding hydrogens is 256 g/mol. The summed E-state index contributed by atoms with van der Waals surface area (Å²) in [6, 6.07) is 1.95. The first-order valence-corrected chi connectivity index (χ1v) is 7.05. The fourth-order valence-electron chi connectivity index (χ4n) is 2.59. The molecule has 20 heavy (non-hydrogen) atoms. The van der Waals surface area contributed by atoms with Crippen molar-refractivity contribution in [1.29, 1.82) is 0 Å². The van der Waals surface area contributed by atoms with E-state index in [1.807, 2.05) is 11.8 Å². The van der Waals surface area contributed by atoms with E-state index in [2.05, 4.69) is 18.8 Å². The number of aromatic nitrogens is 1. The molecule has 0 aromatic carbocycles. The molecule has 1 aromatic rings. The van der Waals surface area contributed by atoms with Gasteiger partial charge in [-0.15, -0.1) is 0 Å². The third-order valence-electron chi connectivity index (χ3n) is 3.54. The molecule has 0 unspecified atom stereocenters. The molecule has 0 bridgehead atoms. The Kier molecular flexibility index (Phi) is 5.95. The molecule has 0 amide bonds. The van der Waals surface area contributed by atoms with E-state index in [9.17, 15) is 15.0 Å². The standard InChI is InChI=1S/C15H24N2O3/c1-5-12(6-2)17(7-8-18)14-13(15(19)20)10(3)9-11(4)16-14/h9,12,18H,5-8H2,1-4H3,(H,19,20). The summed E-state index contributed by atoms with van der Waals surface area (Å²) in [7, 11) is 0. The lowest BCUT2D eigenvalue weighted by Crippen LogP contribution is -2.38. The molecule has 0 spiro atoms. The Labute approximate surface area is 120 Å². The number of carbonyl (C=O) groups is 1. The van der Waals surface area contributed by atoms with Crippen LogP contribution >= 0.6 is 0 Å². The van der Waals surface area contributed by atoms with Crippen LogP contribution in [0.3, 0.4) is 0 Å². The second kappa shape index (κ2) is 7.24. The molecule has 0 radical (unpaired) electrons. The second-order valence-electron chi connectivity index (χ2n) is 4.97. The van der Waals surface area contributed by atoms with Gasteiger partial charge >= 0.3 is 5.97 Å². The predicted molar refractivity (Wildman–Crippen MR) is 79.5 cm³/mol. The normalized spacial score (nSPS) is 10.9. The third-order valence-corrected chi connectivity index (χ3v) is 3.54. The number of aliphatic hydroxyl groups is 1. The topological polar surface area (TPSA) is 73.7 Å². The maximum absolute atomic E-state index is 11.5. The number of rotatable bonds is 7. The van der Waals surface area contributed by atoms with Gasteiger partial charge in [-0.25, -0.2) is 9.78 Å². The van der Waals surface area contributed by atoms with Crippen LogP contribution in [0.15, 0.2) is 6.07 Å². The van der Waals surface area contributed by atoms with Gasteiger partial charge < -0.3 is 15.1 Å². The number of anilines is 1. The zero-order valence-corrected chi connectivity index (χ0v) is 12.7. The first-order chi connectivity index (χ1) is 9.46. The zero-order valence-electron chi connectivity index (χ0n) is 12.7. The van der Waals surface area contributed by atoms with Gasteiger partial charge in [0, 0.05) is 18.3 Å². The first-order valence-electron chi connectivity index (χ1n) is 7.05. The summed E-state index contributed by atoms with van der Waals surface area (Å²) < 4.78 is 0. The molecule has 0 aliphatic rings. The molecule has 0 aliphatic heterocycles. The minimum absolute atomic E-state index is 0.0236. The minimum atomic E-state index is -0.973. The fourth-order valence-corrected chi connectivity index (χ4v) is 2.59. The van der Waals surface area contributed by atoms with Crippen molar-refractivity contribution < 1.29 is 15.0 Å². The van der Waals surface area contributed by atoms with E-state index >= 15 is 0 Å². The summed E-state index contributed by atoms with van der Waals surface area (Å²) in [6.45, 7) is 8.12. The number of aryl methyl sites for hydroxylation is 2. The SMILES string of the molecule is CCC(CC)N(CCO)c1nc(C)cc(C)c1C(=O)O. The van der Waals surface area contributed by atoms with Gasteiger partial charge in [0.15, 0.2) is 0 Å². The van der Waals surface area contributed by atoms with Crippen molar-refractivity contribution in [1.82, 2.24) is 4.98 Å². The van der Waals surface area contributed by atoms with Crippen LogP contribution in [-0.4, -0.2) is 40.4 Å². The Hall–Kier alpha value is -1.62. The zero-order chi connectivity index (χ0) is 15.3. The highest BCUT2D eigenvalue weighted by molar-refractivity contribution is 5.95. The van der Waals surface area contributed by atoms with Crippen LogP contribution in [0.1, 0.15) is 48.3 Å². The Balaban J connectivity index is 3.41. The Morgan fingerprint density at radius 3 is 2.40 bits per heavy atom. The summed E-state index contributed by atoms with van der Waals surface area (Å²) >= 11 is 0. The molecule has 0 saturated heterocycles. The summed E-state index contributed by atoms with van der Waals surface area (Å²) in [6.07, 6.45) is 1.76. The molecular formula is C15H24N2O3. The van der Waals surface area contributed by atoms with Crippen molar-refractivity contribution in [2.45, 2.75) is 46.6 Å². The van der Waals surface area contributed by atoms with Gasteiger partial charge in [0.1, 0.15) is 11.4 Å². The Bertz CT molecular complexity index is 470. The maximum atomic E-state index is 11.5. The van der Waals surface area contributed by atoms with Crippen LogP contribution in [0.5, 0.6) is 0 Å². The van der Waals surface area contributed by atoms with E-state index in [1.165, 1.54) is 0 Å². The maximum Gasteiger partial charge on any atom is 0.339 e. The van der Waals surface area contributed by atoms with E-state index in [-0.39, 0.29) is 18.2 Å². The molecule has 0 aliphatic carbocycles. The van der Waals surface area contributed by atoms with E-state index in [1.54, 1.807) is 13.0 Å². The molecule has 5 nitrogen and oxygen atoms in total. The summed E-state index contributed by atoms with van der Waals surface area (Å²) in [5.41, 5.74) is 1.72. The van der Waals surface area contributed by atoms with Crippen molar-refractivity contribution in [3.05, 3.63) is 22.9 Å². The van der Waals surface area contributed by atoms with E-state index in [0.717, 1.165) is 18.5 Å². The van der Waals surface area contributed by atoms with Crippen LogP contribution in [0.25, 0.3) is 0 Å². The number of hydrogen-bond donors (Lipinski definition) is 2. The lowest BCUT2D eigenvalue weighted by molar-refractivity contribution is 0.0696. The smallest absolute Gasteiger partial charge is 0.339 e. The van der Waals surface area contributed by atoms with Crippen molar-refractivity contribution in [3.63, 3.8) is 0 Å². The van der Waals surface area contributed by atoms with Gasteiger partial charge in [-0.1, -0.05) is 13.8 Å². The van der Waals surface area contributed by atoms with Gasteiger partial charge in [-0.3, -0.25) is 0 Å². The largest absolute Gasteiger partial charge is 0.478 e. The Morgan fingerprint density at radius 1 is 1.35 bits per heavy atom. The average molecular weight is 280 g/mol. The highest BCUT2D eigenvalue weighted by Gasteiger charge is 2.24. The number of aromatic carboxylic acids is 1. The number of nitrogens with zero attached hydrogens (tertiary/aromatic N) is 2. The molecule has 2 N–H and O–H groups in total. The molecule has 0 fully saturated rings. The molecule has 1 aromatic heterocycles. The third kappa shape index (κ3) is 3.48. The molecule has 112 valence electrons. The lowest BCUT2D eigenvalue weighted by Gasteiger charge is -2.32. The number of hydrogen-bond acceptors (Lipinski definition) is 4. The van der Waals surface area contributed by atoms with Crippen LogP contribution < -0.4 is 4.90 Å². The van der Waals surface area contributed by atoms with Crippen LogP contribution in [0.4, 0.5) is 5.82 Å². The number of carboxylic acids is 1. The summed E-state index contributed by atoms with van der Waals surface area (Å²) in [4.78, 5) is 17.9. The quantitative estimate of drug-likeness (QED) is 0.802. The van der Waals surface area contributed by atoms with Gasteiger partial charge in [0.25, 0.3) is 0 Å². The fraction of sp³-hybridized carbons (Fsp3) is 0.600. The van der Waals surface area contributed by atoms with E-state index in [0.29, 0.717) is 17.9 Å². The van der Waals surface area contributed by atoms with Crippen molar-refractivity contribution in [2.75, 3.05) is 18.1 Å². The molecule has 1 rings (SSSR count). The second-order valence-corrected chi connectivity index (χ2v) is 4.97. The first kappa shape index (κ1) is 16.4. The lowest BCUT2D eigenvalue weighted by atomic mass is 10.1. The van der Waals surface area contributed by atoms with Crippen molar-refractivity contribution >= 4 is 11.8 Å². The number of pyridine rings is 1. The Morgan fingerprint density at radius 2 is 1.95 bits per heavy atom. The van der Waals surface area contributed by atoms with Crippen molar-refractivity contribution in [2.24, 2.45) is 0 Å². The van der Waals surface area contributed by atoms with Gasteiger partial charge in [-0.05, 0) is 38.3 Å². The number of carboxylic acid groups (broad SMARTS) is 1. The van der Waals surface area contributed by atoms with Gasteiger partial charge in [-0.2, -0.15) is 0 Å². The average Bonchev–Trinajstić information content (AvgIpc) is 2.37. The molecule has 0 atom stereocenters. The van der Waals surface area contributed by atoms with Gasteiger partial charge in [0.05, 0.1) is 6.61 Å². The number of aliphatic hydroxyl groups excluding tert-OH is 1. The highest BCUT2D eigenvalue weighted by Crippen LogP contribution is 2.26. The van der Waals surface area contributed by atoms with Gasteiger partial charge in [0.2, 0.25) is 0 Å². The van der Waals surface area contributed by atoms with E-state index in [4.69, 9.17) is 0 Å².